The molecule has 0 bridgehead atoms. The first-order valence-electron chi connectivity index (χ1n) is 9.33. The van der Waals surface area contributed by atoms with Crippen LogP contribution in [0.25, 0.3) is 0 Å². The second kappa shape index (κ2) is 7.76. The van der Waals surface area contributed by atoms with E-state index in [0.29, 0.717) is 0 Å². The Hall–Kier alpha value is -3.28. The van der Waals surface area contributed by atoms with E-state index in [1.807, 2.05) is 31.2 Å². The summed E-state index contributed by atoms with van der Waals surface area (Å²) >= 11 is 0. The van der Waals surface area contributed by atoms with Crippen molar-refractivity contribution in [2.75, 3.05) is 31.0 Å². The average molecular weight is 376 g/mol. The molecule has 2 heterocycles. The number of ether oxygens (including phenoxy) is 2. The van der Waals surface area contributed by atoms with Crippen LogP contribution >= 0.6 is 0 Å². The van der Waals surface area contributed by atoms with Crippen LogP contribution in [-0.4, -0.2) is 30.7 Å². The second-order valence-electron chi connectivity index (χ2n) is 6.83. The summed E-state index contributed by atoms with van der Waals surface area (Å²) in [5, 5.41) is 3.35. The lowest BCUT2D eigenvalue weighted by Crippen LogP contribution is -2.32. The van der Waals surface area contributed by atoms with Crippen LogP contribution in [-0.2, 0) is 13.0 Å². The van der Waals surface area contributed by atoms with Crippen LogP contribution in [0.1, 0.15) is 16.8 Å². The van der Waals surface area contributed by atoms with Gasteiger partial charge < -0.3 is 19.7 Å². The Morgan fingerprint density at radius 1 is 0.964 bits per heavy atom. The van der Waals surface area contributed by atoms with E-state index in [4.69, 9.17) is 14.5 Å². The van der Waals surface area contributed by atoms with Crippen LogP contribution in [0.4, 0.5) is 17.5 Å². The van der Waals surface area contributed by atoms with Crippen LogP contribution < -0.4 is 19.7 Å². The van der Waals surface area contributed by atoms with Crippen molar-refractivity contribution in [3.63, 3.8) is 0 Å². The van der Waals surface area contributed by atoms with Gasteiger partial charge in [0.2, 0.25) is 5.95 Å². The number of nitrogens with zero attached hydrogens (tertiary/aromatic N) is 3. The molecule has 0 fully saturated rings. The Kier molecular flexibility index (Phi) is 5.02. The zero-order valence-electron chi connectivity index (χ0n) is 16.4. The van der Waals surface area contributed by atoms with Crippen molar-refractivity contribution >= 4 is 17.5 Å². The molecule has 1 aliphatic heterocycles. The van der Waals surface area contributed by atoms with Crippen molar-refractivity contribution in [2.24, 2.45) is 0 Å². The number of anilines is 3. The van der Waals surface area contributed by atoms with Gasteiger partial charge >= 0.3 is 0 Å². The first kappa shape index (κ1) is 18.1. The molecular formula is C22H24N4O2. The van der Waals surface area contributed by atoms with Crippen molar-refractivity contribution in [3.8, 4) is 11.5 Å². The van der Waals surface area contributed by atoms with Gasteiger partial charge in [-0.1, -0.05) is 24.3 Å². The number of nitrogens with one attached hydrogen (secondary N) is 1. The summed E-state index contributed by atoms with van der Waals surface area (Å²) in [6, 6.07) is 16.1. The van der Waals surface area contributed by atoms with Gasteiger partial charge in [0.1, 0.15) is 17.3 Å². The number of aromatic nitrogens is 2. The minimum Gasteiger partial charge on any atom is -0.497 e. The highest BCUT2D eigenvalue weighted by molar-refractivity contribution is 5.67. The van der Waals surface area contributed by atoms with E-state index in [0.717, 1.165) is 54.2 Å². The quantitative estimate of drug-likeness (QED) is 0.723. The van der Waals surface area contributed by atoms with Gasteiger partial charge in [0.25, 0.3) is 0 Å². The Morgan fingerprint density at radius 3 is 2.57 bits per heavy atom. The molecule has 0 saturated carbocycles. The zero-order valence-corrected chi connectivity index (χ0v) is 16.4. The first-order valence-corrected chi connectivity index (χ1v) is 9.33. The van der Waals surface area contributed by atoms with Crippen LogP contribution in [0.5, 0.6) is 11.5 Å². The molecule has 1 aliphatic rings. The molecule has 0 atom stereocenters. The molecule has 1 N–H and O–H groups in total. The van der Waals surface area contributed by atoms with Crippen molar-refractivity contribution in [1.82, 2.24) is 9.97 Å². The molecular weight excluding hydrogens is 352 g/mol. The molecule has 0 radical (unpaired) electrons. The maximum Gasteiger partial charge on any atom is 0.227 e. The minimum absolute atomic E-state index is 0.727. The number of aryl methyl sites for hydroxylation is 1. The summed E-state index contributed by atoms with van der Waals surface area (Å²) in [7, 11) is 3.29. The average Bonchev–Trinajstić information content (AvgIpc) is 2.73. The maximum atomic E-state index is 5.46. The molecule has 3 aromatic rings. The molecule has 0 amide bonds. The van der Waals surface area contributed by atoms with Gasteiger partial charge in [0, 0.05) is 30.9 Å². The number of benzene rings is 2. The topological polar surface area (TPSA) is 59.5 Å². The summed E-state index contributed by atoms with van der Waals surface area (Å²) < 4.78 is 10.8. The molecule has 0 saturated heterocycles. The third kappa shape index (κ3) is 3.71. The maximum absolute atomic E-state index is 5.46. The number of fused-ring (bicyclic) bond motifs is 1. The SMILES string of the molecule is COc1ccc(OC)c(Nc2cc(C)nc(N3CCc4ccccc4C3)n2)c1. The Balaban J connectivity index is 1.62. The molecule has 28 heavy (non-hydrogen) atoms. The third-order valence-electron chi connectivity index (χ3n) is 4.93. The van der Waals surface area contributed by atoms with E-state index in [-0.39, 0.29) is 0 Å². The van der Waals surface area contributed by atoms with Crippen LogP contribution in [0.2, 0.25) is 0 Å². The Labute approximate surface area is 165 Å². The minimum atomic E-state index is 0.727. The van der Waals surface area contributed by atoms with Crippen LogP contribution in [0, 0.1) is 6.92 Å². The Morgan fingerprint density at radius 2 is 1.79 bits per heavy atom. The second-order valence-corrected chi connectivity index (χ2v) is 6.83. The van der Waals surface area contributed by atoms with Gasteiger partial charge in [-0.2, -0.15) is 4.98 Å². The summed E-state index contributed by atoms with van der Waals surface area (Å²) in [4.78, 5) is 11.7. The fourth-order valence-electron chi connectivity index (χ4n) is 3.47. The number of rotatable bonds is 5. The summed E-state index contributed by atoms with van der Waals surface area (Å²) in [6.45, 7) is 3.71. The normalized spacial score (nSPS) is 13.0. The van der Waals surface area contributed by atoms with E-state index >= 15 is 0 Å². The monoisotopic (exact) mass is 376 g/mol. The van der Waals surface area contributed by atoms with Crippen LogP contribution in [0.3, 0.4) is 0 Å². The van der Waals surface area contributed by atoms with Crippen molar-refractivity contribution in [3.05, 3.63) is 65.4 Å². The van der Waals surface area contributed by atoms with Gasteiger partial charge in [0.15, 0.2) is 0 Å². The lowest BCUT2D eigenvalue weighted by Gasteiger charge is -2.29. The Bertz CT molecular complexity index is 990. The number of methoxy groups -OCH3 is 2. The molecule has 4 rings (SSSR count). The van der Waals surface area contributed by atoms with Crippen molar-refractivity contribution < 1.29 is 9.47 Å². The van der Waals surface area contributed by atoms with Gasteiger partial charge in [-0.15, -0.1) is 0 Å². The fraction of sp³-hybridized carbons (Fsp3) is 0.273. The predicted octanol–water partition coefficient (Wildman–Crippen LogP) is 4.11. The molecule has 2 aromatic carbocycles. The van der Waals surface area contributed by atoms with E-state index in [2.05, 4.69) is 39.5 Å². The van der Waals surface area contributed by atoms with E-state index in [9.17, 15) is 0 Å². The first-order chi connectivity index (χ1) is 13.7. The van der Waals surface area contributed by atoms with Crippen LogP contribution in [0.15, 0.2) is 48.5 Å². The van der Waals surface area contributed by atoms with E-state index in [1.54, 1.807) is 14.2 Å². The standard InChI is InChI=1S/C22H24N4O2/c1-15-12-21(24-19-13-18(27-2)8-9-20(19)28-3)25-22(23-15)26-11-10-16-6-4-5-7-17(16)14-26/h4-9,12-13H,10-11,14H2,1-3H3,(H,23,24,25). The zero-order chi connectivity index (χ0) is 19.5. The highest BCUT2D eigenvalue weighted by Gasteiger charge is 2.19. The molecule has 144 valence electrons. The van der Waals surface area contributed by atoms with E-state index in [1.165, 1.54) is 11.1 Å². The van der Waals surface area contributed by atoms with Crippen molar-refractivity contribution in [2.45, 2.75) is 19.9 Å². The predicted molar refractivity (Wildman–Crippen MR) is 111 cm³/mol. The molecule has 6 nitrogen and oxygen atoms in total. The highest BCUT2D eigenvalue weighted by atomic mass is 16.5. The fourth-order valence-corrected chi connectivity index (χ4v) is 3.47. The highest BCUT2D eigenvalue weighted by Crippen LogP contribution is 2.32. The lowest BCUT2D eigenvalue weighted by atomic mass is 10.0. The lowest BCUT2D eigenvalue weighted by molar-refractivity contribution is 0.405. The van der Waals surface area contributed by atoms with Gasteiger partial charge in [-0.3, -0.25) is 0 Å². The van der Waals surface area contributed by atoms with Gasteiger partial charge in [0.05, 0.1) is 19.9 Å². The van der Waals surface area contributed by atoms with Crippen molar-refractivity contribution in [1.29, 1.82) is 0 Å². The van der Waals surface area contributed by atoms with Gasteiger partial charge in [-0.05, 0) is 36.6 Å². The third-order valence-corrected chi connectivity index (χ3v) is 4.93. The summed E-state index contributed by atoms with van der Waals surface area (Å²) in [6.07, 6.45) is 1.000. The molecule has 1 aromatic heterocycles. The summed E-state index contributed by atoms with van der Waals surface area (Å²) in [5.41, 5.74) is 4.46. The molecule has 0 unspecified atom stereocenters. The number of hydrogen-bond acceptors (Lipinski definition) is 6. The molecule has 0 spiro atoms. The number of hydrogen-bond donors (Lipinski definition) is 1. The van der Waals surface area contributed by atoms with Gasteiger partial charge in [-0.25, -0.2) is 4.98 Å². The molecule has 0 aliphatic carbocycles. The summed E-state index contributed by atoms with van der Waals surface area (Å²) in [5.74, 6) is 2.94. The molecule has 6 heteroatoms. The largest absolute Gasteiger partial charge is 0.497 e. The van der Waals surface area contributed by atoms with E-state index < -0.39 is 0 Å². The smallest absolute Gasteiger partial charge is 0.227 e.